The highest BCUT2D eigenvalue weighted by Gasteiger charge is 2.31. The van der Waals surface area contributed by atoms with E-state index in [2.05, 4.69) is 23.1 Å². The SMILES string of the molecule is O=C(CC1CCC(CCN2CCC(c3cccc4c3CCO4)CC2)CC1)c1ccc(C(F)(F)F)cc1. The molecule has 0 spiro atoms. The highest BCUT2D eigenvalue weighted by Crippen LogP contribution is 2.38. The van der Waals surface area contributed by atoms with Crippen LogP contribution in [0.3, 0.4) is 0 Å². The Morgan fingerprint density at radius 2 is 1.61 bits per heavy atom. The molecule has 0 unspecified atom stereocenters. The number of fused-ring (bicyclic) bond motifs is 1. The average Bonchev–Trinajstić information content (AvgIpc) is 3.37. The molecule has 0 atom stereocenters. The highest BCUT2D eigenvalue weighted by molar-refractivity contribution is 5.96. The van der Waals surface area contributed by atoms with Crippen LogP contribution in [0.4, 0.5) is 13.2 Å². The van der Waals surface area contributed by atoms with Crippen LogP contribution in [0.15, 0.2) is 42.5 Å². The van der Waals surface area contributed by atoms with Crippen LogP contribution in [0.5, 0.6) is 5.75 Å². The molecule has 5 rings (SSSR count). The number of halogens is 3. The zero-order chi connectivity index (χ0) is 25.1. The summed E-state index contributed by atoms with van der Waals surface area (Å²) >= 11 is 0. The number of carbonyl (C=O) groups is 1. The van der Waals surface area contributed by atoms with Crippen molar-refractivity contribution in [2.75, 3.05) is 26.2 Å². The van der Waals surface area contributed by atoms with Crippen LogP contribution in [0.2, 0.25) is 0 Å². The molecule has 0 bridgehead atoms. The van der Waals surface area contributed by atoms with Gasteiger partial charge in [0.1, 0.15) is 5.75 Å². The van der Waals surface area contributed by atoms with Crippen molar-refractivity contribution in [3.63, 3.8) is 0 Å². The lowest BCUT2D eigenvalue weighted by Gasteiger charge is -2.35. The molecule has 2 aromatic rings. The van der Waals surface area contributed by atoms with Crippen LogP contribution in [0, 0.1) is 11.8 Å². The number of ether oxygens (including phenoxy) is 1. The Morgan fingerprint density at radius 1 is 0.917 bits per heavy atom. The number of ketones is 1. The van der Waals surface area contributed by atoms with Crippen molar-refractivity contribution in [1.82, 2.24) is 4.90 Å². The molecule has 1 aliphatic carbocycles. The first-order valence-corrected chi connectivity index (χ1v) is 13.5. The Labute approximate surface area is 212 Å². The van der Waals surface area contributed by atoms with E-state index in [9.17, 15) is 18.0 Å². The fraction of sp³-hybridized carbons (Fsp3) is 0.567. The third-order valence-electron chi connectivity index (χ3n) is 8.63. The summed E-state index contributed by atoms with van der Waals surface area (Å²) in [5, 5.41) is 0. The van der Waals surface area contributed by atoms with Crippen molar-refractivity contribution in [2.45, 2.75) is 69.9 Å². The lowest BCUT2D eigenvalue weighted by atomic mass is 9.78. The van der Waals surface area contributed by atoms with Gasteiger partial charge in [-0.05, 0) is 93.3 Å². The van der Waals surface area contributed by atoms with Crippen LogP contribution in [0.25, 0.3) is 0 Å². The van der Waals surface area contributed by atoms with Crippen LogP contribution < -0.4 is 4.74 Å². The van der Waals surface area contributed by atoms with Crippen molar-refractivity contribution >= 4 is 5.78 Å². The summed E-state index contributed by atoms with van der Waals surface area (Å²) in [6.07, 6.45) is 5.16. The Morgan fingerprint density at radius 3 is 2.31 bits per heavy atom. The van der Waals surface area contributed by atoms with Crippen LogP contribution >= 0.6 is 0 Å². The van der Waals surface area contributed by atoms with E-state index in [4.69, 9.17) is 4.74 Å². The normalized spacial score (nSPS) is 23.3. The first-order valence-electron chi connectivity index (χ1n) is 13.5. The summed E-state index contributed by atoms with van der Waals surface area (Å²) in [6.45, 7) is 4.29. The number of likely N-dealkylation sites (tertiary alicyclic amines) is 1. The van der Waals surface area contributed by atoms with Gasteiger partial charge < -0.3 is 9.64 Å². The molecule has 1 saturated carbocycles. The number of rotatable bonds is 7. The number of Topliss-reactive ketones (excluding diaryl/α,β-unsaturated/α-hetero) is 1. The number of alkyl halides is 3. The van der Waals surface area contributed by atoms with Gasteiger partial charge in [-0.25, -0.2) is 0 Å². The van der Waals surface area contributed by atoms with Crippen molar-refractivity contribution in [3.05, 3.63) is 64.7 Å². The lowest BCUT2D eigenvalue weighted by Crippen LogP contribution is -2.35. The fourth-order valence-corrected chi connectivity index (χ4v) is 6.41. The van der Waals surface area contributed by atoms with E-state index < -0.39 is 11.7 Å². The van der Waals surface area contributed by atoms with Gasteiger partial charge in [0.05, 0.1) is 12.2 Å². The molecule has 0 N–H and O–H groups in total. The van der Waals surface area contributed by atoms with E-state index in [1.165, 1.54) is 42.5 Å². The summed E-state index contributed by atoms with van der Waals surface area (Å²) in [4.78, 5) is 15.2. The maximum absolute atomic E-state index is 12.8. The maximum atomic E-state index is 12.8. The minimum Gasteiger partial charge on any atom is -0.493 e. The molecule has 3 nitrogen and oxygen atoms in total. The van der Waals surface area contributed by atoms with E-state index in [0.29, 0.717) is 23.8 Å². The molecule has 0 aromatic heterocycles. The lowest BCUT2D eigenvalue weighted by molar-refractivity contribution is -0.137. The van der Waals surface area contributed by atoms with Gasteiger partial charge in [0.2, 0.25) is 0 Å². The maximum Gasteiger partial charge on any atom is 0.416 e. The van der Waals surface area contributed by atoms with E-state index in [-0.39, 0.29) is 5.78 Å². The van der Waals surface area contributed by atoms with Gasteiger partial charge in [-0.3, -0.25) is 4.79 Å². The average molecular weight is 500 g/mol. The minimum atomic E-state index is -4.37. The monoisotopic (exact) mass is 499 g/mol. The Bertz CT molecular complexity index is 1030. The third-order valence-corrected chi connectivity index (χ3v) is 8.63. The number of hydrogen-bond acceptors (Lipinski definition) is 3. The summed E-state index contributed by atoms with van der Waals surface area (Å²) < 4.78 is 44.0. The van der Waals surface area contributed by atoms with Crippen LogP contribution in [0.1, 0.15) is 84.3 Å². The molecular formula is C30H36F3NO2. The van der Waals surface area contributed by atoms with E-state index >= 15 is 0 Å². The topological polar surface area (TPSA) is 29.5 Å². The smallest absolute Gasteiger partial charge is 0.416 e. The fourth-order valence-electron chi connectivity index (χ4n) is 6.41. The minimum absolute atomic E-state index is 0.0364. The zero-order valence-corrected chi connectivity index (χ0v) is 20.9. The summed E-state index contributed by atoms with van der Waals surface area (Å²) in [7, 11) is 0. The molecule has 2 aromatic carbocycles. The van der Waals surface area contributed by atoms with Crippen LogP contribution in [-0.4, -0.2) is 36.9 Å². The molecule has 1 saturated heterocycles. The van der Waals surface area contributed by atoms with Crippen molar-refractivity contribution in [2.24, 2.45) is 11.8 Å². The molecule has 6 heteroatoms. The summed E-state index contributed by atoms with van der Waals surface area (Å²) in [5.74, 6) is 2.77. The molecule has 3 aliphatic rings. The molecule has 36 heavy (non-hydrogen) atoms. The molecular weight excluding hydrogens is 463 g/mol. The van der Waals surface area contributed by atoms with Crippen LogP contribution in [-0.2, 0) is 12.6 Å². The number of carbonyl (C=O) groups excluding carboxylic acids is 1. The van der Waals surface area contributed by atoms with Gasteiger partial charge >= 0.3 is 6.18 Å². The van der Waals surface area contributed by atoms with Gasteiger partial charge in [-0.1, -0.05) is 37.1 Å². The van der Waals surface area contributed by atoms with Crippen molar-refractivity contribution in [3.8, 4) is 5.75 Å². The second-order valence-corrected chi connectivity index (χ2v) is 10.9. The third kappa shape index (κ3) is 5.96. The van der Waals surface area contributed by atoms with Gasteiger partial charge in [0.25, 0.3) is 0 Å². The second-order valence-electron chi connectivity index (χ2n) is 10.9. The largest absolute Gasteiger partial charge is 0.493 e. The molecule has 0 radical (unpaired) electrons. The van der Waals surface area contributed by atoms with Crippen molar-refractivity contribution in [1.29, 1.82) is 0 Å². The first kappa shape index (κ1) is 25.3. The molecule has 2 aliphatic heterocycles. The number of piperidine rings is 1. The number of nitrogens with zero attached hydrogens (tertiary/aromatic N) is 1. The van der Waals surface area contributed by atoms with E-state index in [1.54, 1.807) is 0 Å². The number of hydrogen-bond donors (Lipinski definition) is 0. The van der Waals surface area contributed by atoms with Gasteiger partial charge in [-0.15, -0.1) is 0 Å². The van der Waals surface area contributed by atoms with E-state index in [1.807, 2.05) is 0 Å². The zero-order valence-electron chi connectivity index (χ0n) is 20.9. The second kappa shape index (κ2) is 11.0. The Hall–Kier alpha value is -2.34. The highest BCUT2D eigenvalue weighted by atomic mass is 19.4. The van der Waals surface area contributed by atoms with E-state index in [0.717, 1.165) is 82.1 Å². The van der Waals surface area contributed by atoms with Crippen molar-refractivity contribution < 1.29 is 22.7 Å². The quantitative estimate of drug-likeness (QED) is 0.375. The summed E-state index contributed by atoms with van der Waals surface area (Å²) in [6, 6.07) is 11.2. The molecule has 194 valence electrons. The predicted octanol–water partition coefficient (Wildman–Crippen LogP) is 7.29. The Balaban J connectivity index is 1.01. The predicted molar refractivity (Wildman–Crippen MR) is 135 cm³/mol. The standard InChI is InChI=1S/C30H36F3NO2/c31-30(32,33)25-10-8-24(9-11-25)28(35)20-22-6-4-21(5-7-22)12-16-34-17-13-23(14-18-34)26-2-1-3-29-27(26)15-19-36-29/h1-3,8-11,21-23H,4-7,12-20H2. The molecule has 2 heterocycles. The summed E-state index contributed by atoms with van der Waals surface area (Å²) in [5.41, 5.74) is 2.63. The first-order chi connectivity index (χ1) is 17.4. The number of benzene rings is 2. The van der Waals surface area contributed by atoms with Gasteiger partial charge in [0, 0.05) is 24.0 Å². The molecule has 2 fully saturated rings. The Kier molecular flexibility index (Phi) is 7.71. The van der Waals surface area contributed by atoms with Gasteiger partial charge in [0.15, 0.2) is 5.78 Å². The molecule has 0 amide bonds. The van der Waals surface area contributed by atoms with Gasteiger partial charge in [-0.2, -0.15) is 13.2 Å².